The monoisotopic (exact) mass is 1010 g/mol. The molecule has 0 atom stereocenters. The Labute approximate surface area is 408 Å². The predicted molar refractivity (Wildman–Crippen MR) is 275 cm³/mol. The molecule has 2 N–H and O–H groups in total. The van der Waals surface area contributed by atoms with Gasteiger partial charge in [0, 0.05) is 50.3 Å². The summed E-state index contributed by atoms with van der Waals surface area (Å²) in [4.78, 5) is 52.2. The van der Waals surface area contributed by atoms with Crippen molar-refractivity contribution < 1.29 is 29.2 Å². The van der Waals surface area contributed by atoms with E-state index in [-0.39, 0.29) is 17.3 Å². The van der Waals surface area contributed by atoms with Crippen LogP contribution in [0.5, 0.6) is 0 Å². The Kier molecular flexibility index (Phi) is 14.4. The molecule has 0 unspecified atom stereocenters. The number of carbonyl (C=O) groups excluding carboxylic acids is 4. The highest BCUT2D eigenvalue weighted by Gasteiger charge is 2.33. The first-order valence-corrected chi connectivity index (χ1v) is 23.2. The minimum Gasteiger partial charge on any atom is -0.423 e. The topological polar surface area (TPSA) is 151 Å². The van der Waals surface area contributed by atoms with E-state index in [0.717, 1.165) is 84.7 Å². The molecule has 2 aliphatic rings. The first kappa shape index (κ1) is 47.2. The number of carbonyl (C=O) groups is 4. The SMILES string of the molecule is Cc1ccc(-n2nc(C)c3c2C(=O)N(c2ccc(-c4ccccc4C=O)cc2)CC3)cc1.Cc1ccc(-n2nc(C)c3c2C(=O)N(c2ccc(I)cc2)CC3)cc1.O=Cc1ccccc1B(O)O. The fourth-order valence-corrected chi connectivity index (χ4v) is 8.82. The van der Waals surface area contributed by atoms with Crippen molar-refractivity contribution in [3.63, 3.8) is 0 Å². The smallest absolute Gasteiger partial charge is 0.423 e. The van der Waals surface area contributed by atoms with Gasteiger partial charge in [-0.2, -0.15) is 10.2 Å². The molecular weight excluding hydrogens is 966 g/mol. The molecule has 0 spiro atoms. The number of anilines is 2. The zero-order chi connectivity index (χ0) is 48.1. The first-order chi connectivity index (χ1) is 32.9. The number of hydrogen-bond acceptors (Lipinski definition) is 8. The van der Waals surface area contributed by atoms with Gasteiger partial charge in [-0.1, -0.05) is 96.1 Å². The zero-order valence-corrected chi connectivity index (χ0v) is 40.2. The normalized spacial score (nSPS) is 12.8. The van der Waals surface area contributed by atoms with E-state index < -0.39 is 7.12 Å². The summed E-state index contributed by atoms with van der Waals surface area (Å²) in [5.41, 5.74) is 14.2. The predicted octanol–water partition coefficient (Wildman–Crippen LogP) is 8.65. The van der Waals surface area contributed by atoms with E-state index in [4.69, 9.17) is 10.0 Å². The highest BCUT2D eigenvalue weighted by Crippen LogP contribution is 2.32. The van der Waals surface area contributed by atoms with Crippen LogP contribution in [0.4, 0.5) is 11.4 Å². The van der Waals surface area contributed by atoms with E-state index in [1.54, 1.807) is 27.6 Å². The van der Waals surface area contributed by atoms with E-state index in [9.17, 15) is 19.2 Å². The van der Waals surface area contributed by atoms with Gasteiger partial charge in [-0.15, -0.1) is 0 Å². The summed E-state index contributed by atoms with van der Waals surface area (Å²) < 4.78 is 4.73. The number of aldehydes is 2. The number of aryl methyl sites for hydroxylation is 4. The summed E-state index contributed by atoms with van der Waals surface area (Å²) in [6.45, 7) is 9.33. The summed E-state index contributed by atoms with van der Waals surface area (Å²) >= 11 is 2.27. The number of amides is 2. The first-order valence-electron chi connectivity index (χ1n) is 22.1. The lowest BCUT2D eigenvalue weighted by Crippen LogP contribution is -2.38. The van der Waals surface area contributed by atoms with Crippen LogP contribution in [0.15, 0.2) is 146 Å². The van der Waals surface area contributed by atoms with Gasteiger partial charge < -0.3 is 19.8 Å². The molecular formula is C54H48BIN6O6. The van der Waals surface area contributed by atoms with Crippen molar-refractivity contribution in [3.8, 4) is 22.5 Å². The molecule has 10 rings (SSSR count). The van der Waals surface area contributed by atoms with Crippen LogP contribution < -0.4 is 15.3 Å². The molecule has 2 aliphatic heterocycles. The molecule has 2 aromatic heterocycles. The second kappa shape index (κ2) is 20.7. The fraction of sp³-hybridized carbons (Fsp3) is 0.148. The van der Waals surface area contributed by atoms with Gasteiger partial charge in [-0.25, -0.2) is 9.36 Å². The third-order valence-electron chi connectivity index (χ3n) is 12.1. The molecule has 0 fully saturated rings. The summed E-state index contributed by atoms with van der Waals surface area (Å²) in [5.74, 6) is -0.0305. The number of hydrogen-bond donors (Lipinski definition) is 2. The summed E-state index contributed by atoms with van der Waals surface area (Å²) in [6, 6.07) is 45.9. The standard InChI is InChI=1S/C27H23N3O2.C20H18IN3O.C7H7BO3/c1-18-7-11-23(12-8-18)30-26-24(19(2)28-30)15-16-29(27(26)32)22-13-9-20(10-14-22)25-6-4-3-5-21(25)17-31;1-13-3-7-17(8-4-13)24-19-18(14(2)22-24)11-12-23(20(19)25)16-9-5-15(21)6-10-16;9-5-6-3-1-2-4-7(6)8(10)11/h3-14,17H,15-16H2,1-2H3;3-10H,11-12H2,1-2H3;1-5,10-11H. The van der Waals surface area contributed by atoms with E-state index in [1.807, 2.05) is 146 Å². The van der Waals surface area contributed by atoms with Gasteiger partial charge in [0.25, 0.3) is 11.8 Å². The largest absolute Gasteiger partial charge is 0.489 e. The molecule has 340 valence electrons. The van der Waals surface area contributed by atoms with E-state index in [1.165, 1.54) is 17.7 Å². The van der Waals surface area contributed by atoms with Crippen LogP contribution in [0.3, 0.4) is 0 Å². The molecule has 14 heteroatoms. The molecule has 0 saturated carbocycles. The molecule has 0 radical (unpaired) electrons. The quantitative estimate of drug-likeness (QED) is 0.0873. The maximum atomic E-state index is 13.6. The van der Waals surface area contributed by atoms with Crippen LogP contribution in [-0.4, -0.2) is 74.2 Å². The number of benzene rings is 6. The summed E-state index contributed by atoms with van der Waals surface area (Å²) in [6.07, 6.45) is 3.04. The van der Waals surface area contributed by atoms with Gasteiger partial charge in [-0.3, -0.25) is 19.2 Å². The number of fused-ring (bicyclic) bond motifs is 2. The number of halogens is 1. The lowest BCUT2D eigenvalue weighted by molar-refractivity contribution is 0.0965. The zero-order valence-electron chi connectivity index (χ0n) is 38.0. The fourth-order valence-electron chi connectivity index (χ4n) is 8.46. The number of aromatic nitrogens is 4. The van der Waals surface area contributed by atoms with Gasteiger partial charge >= 0.3 is 7.12 Å². The Morgan fingerprint density at radius 2 is 0.941 bits per heavy atom. The average molecular weight is 1010 g/mol. The van der Waals surface area contributed by atoms with Crippen LogP contribution in [0.1, 0.15) is 75.3 Å². The molecule has 6 aromatic carbocycles. The van der Waals surface area contributed by atoms with Crippen molar-refractivity contribution in [3.05, 3.63) is 205 Å². The Morgan fingerprint density at radius 3 is 1.38 bits per heavy atom. The van der Waals surface area contributed by atoms with E-state index >= 15 is 0 Å². The lowest BCUT2D eigenvalue weighted by Gasteiger charge is -2.28. The third-order valence-corrected chi connectivity index (χ3v) is 12.8. The van der Waals surface area contributed by atoms with Crippen LogP contribution in [-0.2, 0) is 12.8 Å². The maximum absolute atomic E-state index is 13.6. The van der Waals surface area contributed by atoms with E-state index in [0.29, 0.717) is 41.9 Å². The number of nitrogens with zero attached hydrogens (tertiary/aromatic N) is 6. The molecule has 4 heterocycles. The lowest BCUT2D eigenvalue weighted by atomic mass is 9.77. The Bertz CT molecular complexity index is 3130. The second-order valence-electron chi connectivity index (χ2n) is 16.6. The minimum absolute atomic E-state index is 0.0173. The molecule has 2 amide bonds. The highest BCUT2D eigenvalue weighted by molar-refractivity contribution is 14.1. The van der Waals surface area contributed by atoms with Crippen molar-refractivity contribution in [2.24, 2.45) is 0 Å². The van der Waals surface area contributed by atoms with Gasteiger partial charge in [0.15, 0.2) is 6.29 Å². The van der Waals surface area contributed by atoms with Crippen LogP contribution >= 0.6 is 22.6 Å². The molecule has 68 heavy (non-hydrogen) atoms. The number of rotatable bonds is 8. The van der Waals surface area contributed by atoms with Gasteiger partial charge in [0.1, 0.15) is 17.7 Å². The van der Waals surface area contributed by atoms with Crippen molar-refractivity contribution in [2.45, 2.75) is 40.5 Å². The summed E-state index contributed by atoms with van der Waals surface area (Å²) in [5, 5.41) is 26.8. The highest BCUT2D eigenvalue weighted by atomic mass is 127. The molecule has 12 nitrogen and oxygen atoms in total. The van der Waals surface area contributed by atoms with Gasteiger partial charge in [0.05, 0.1) is 22.8 Å². The van der Waals surface area contributed by atoms with Crippen molar-refractivity contribution in [1.29, 1.82) is 0 Å². The molecule has 0 saturated heterocycles. The second-order valence-corrected chi connectivity index (χ2v) is 17.8. The summed E-state index contributed by atoms with van der Waals surface area (Å²) in [7, 11) is -1.57. The molecule has 0 aliphatic carbocycles. The van der Waals surface area contributed by atoms with Gasteiger partial charge in [0.2, 0.25) is 0 Å². The molecule has 8 aromatic rings. The van der Waals surface area contributed by atoms with Crippen molar-refractivity contribution >= 4 is 70.9 Å². The average Bonchev–Trinajstić information content (AvgIpc) is 3.89. The maximum Gasteiger partial charge on any atom is 0.489 e. The van der Waals surface area contributed by atoms with E-state index in [2.05, 4.69) is 39.7 Å². The third kappa shape index (κ3) is 9.88. The van der Waals surface area contributed by atoms with Crippen molar-refractivity contribution in [2.75, 3.05) is 22.9 Å². The van der Waals surface area contributed by atoms with Gasteiger partial charge in [-0.05, 0) is 140 Å². The molecule has 0 bridgehead atoms. The Morgan fingerprint density at radius 1 is 0.529 bits per heavy atom. The minimum atomic E-state index is -1.57. The Balaban J connectivity index is 0.000000154. The Hall–Kier alpha value is -7.27. The van der Waals surface area contributed by atoms with Crippen LogP contribution in [0.25, 0.3) is 22.5 Å². The van der Waals surface area contributed by atoms with Crippen LogP contribution in [0.2, 0.25) is 0 Å². The van der Waals surface area contributed by atoms with Crippen molar-refractivity contribution in [1.82, 2.24) is 19.6 Å². The van der Waals surface area contributed by atoms with Crippen LogP contribution in [0, 0.1) is 31.3 Å².